The molecule has 1 aliphatic rings. The van der Waals surface area contributed by atoms with Crippen LogP contribution in [0.25, 0.3) is 5.69 Å². The van der Waals surface area contributed by atoms with E-state index in [9.17, 15) is 19.2 Å². The summed E-state index contributed by atoms with van der Waals surface area (Å²) in [6, 6.07) is 5.42. The Morgan fingerprint density at radius 3 is 2.54 bits per heavy atom. The van der Waals surface area contributed by atoms with Crippen LogP contribution in [0, 0.1) is 0 Å². The highest BCUT2D eigenvalue weighted by atomic mass is 16.5. The van der Waals surface area contributed by atoms with Crippen molar-refractivity contribution in [3.63, 3.8) is 0 Å². The minimum absolute atomic E-state index is 0.0670. The van der Waals surface area contributed by atoms with Crippen LogP contribution in [0.3, 0.4) is 0 Å². The summed E-state index contributed by atoms with van der Waals surface area (Å²) >= 11 is 0. The Bertz CT molecular complexity index is 1010. The number of aromatic nitrogens is 1. The zero-order valence-corrected chi connectivity index (χ0v) is 13.6. The number of imide groups is 1. The van der Waals surface area contributed by atoms with E-state index in [2.05, 4.69) is 5.32 Å². The van der Waals surface area contributed by atoms with E-state index in [0.717, 1.165) is 10.6 Å². The highest BCUT2D eigenvalue weighted by Gasteiger charge is 2.31. The molecule has 0 atom stereocenters. The van der Waals surface area contributed by atoms with Crippen LogP contribution in [0.15, 0.2) is 29.1 Å². The van der Waals surface area contributed by atoms with Gasteiger partial charge in [0.25, 0.3) is 23.3 Å². The molecule has 134 valence electrons. The second-order valence-electron chi connectivity index (χ2n) is 5.37. The van der Waals surface area contributed by atoms with Gasteiger partial charge < -0.3 is 20.9 Å². The van der Waals surface area contributed by atoms with Crippen LogP contribution >= 0.6 is 0 Å². The number of carbonyl (C=O) groups is 3. The molecule has 3 rings (SSSR count). The van der Waals surface area contributed by atoms with Gasteiger partial charge in [0.2, 0.25) is 0 Å². The predicted octanol–water partition coefficient (Wildman–Crippen LogP) is -0.824. The zero-order chi connectivity index (χ0) is 19.0. The molecule has 0 unspecified atom stereocenters. The maximum absolute atomic E-state index is 12.4. The lowest BCUT2D eigenvalue weighted by Gasteiger charge is -2.15. The number of nitrogen functional groups attached to an aromatic ring is 1. The monoisotopic (exact) mass is 358 g/mol. The fourth-order valence-electron chi connectivity index (χ4n) is 2.61. The Balaban J connectivity index is 2.12. The minimum atomic E-state index is -0.676. The van der Waals surface area contributed by atoms with Crippen molar-refractivity contribution >= 4 is 23.5 Å². The number of pyridine rings is 1. The molecular formula is C16H14N4O6. The van der Waals surface area contributed by atoms with E-state index in [4.69, 9.17) is 20.9 Å². The summed E-state index contributed by atoms with van der Waals surface area (Å²) in [4.78, 5) is 46.8. The van der Waals surface area contributed by atoms with E-state index in [1.54, 1.807) is 0 Å². The molecule has 5 N–H and O–H groups in total. The topological polar surface area (TPSA) is 156 Å². The molecule has 3 amide bonds. The lowest BCUT2D eigenvalue weighted by Crippen LogP contribution is -2.24. The summed E-state index contributed by atoms with van der Waals surface area (Å²) < 4.78 is 11.5. The molecule has 10 nitrogen and oxygen atoms in total. The summed E-state index contributed by atoms with van der Waals surface area (Å²) in [5.74, 6) is -1.74. The van der Waals surface area contributed by atoms with Crippen molar-refractivity contribution in [1.82, 2.24) is 9.88 Å². The lowest BCUT2D eigenvalue weighted by molar-refractivity contribution is -0.119. The fraction of sp³-hybridized carbons (Fsp3) is 0.125. The standard InChI is InChI=1S/C16H14N4O6/c1-25-10-4-7(2-3-9(10)26-6-11(17)21)20-12(22)5-8-13(14(20)18)16(24)19-15(8)23/h2-5H,6,18H2,1H3,(H2,17,21)(H,19,23,24). The van der Waals surface area contributed by atoms with Gasteiger partial charge in [0.1, 0.15) is 5.82 Å². The van der Waals surface area contributed by atoms with Crippen molar-refractivity contribution in [1.29, 1.82) is 0 Å². The molecule has 0 bridgehead atoms. The number of anilines is 1. The van der Waals surface area contributed by atoms with Crippen molar-refractivity contribution in [3.05, 3.63) is 45.7 Å². The number of primary amides is 1. The number of rotatable bonds is 5. The van der Waals surface area contributed by atoms with Gasteiger partial charge in [-0.15, -0.1) is 0 Å². The van der Waals surface area contributed by atoms with Crippen LogP contribution < -0.4 is 31.8 Å². The first kappa shape index (κ1) is 17.0. The molecule has 0 saturated carbocycles. The molecule has 0 radical (unpaired) electrons. The molecule has 0 saturated heterocycles. The van der Waals surface area contributed by atoms with E-state index < -0.39 is 23.3 Å². The zero-order valence-electron chi connectivity index (χ0n) is 13.6. The van der Waals surface area contributed by atoms with Crippen molar-refractivity contribution < 1.29 is 23.9 Å². The molecule has 0 aliphatic carbocycles. The third kappa shape index (κ3) is 2.73. The van der Waals surface area contributed by atoms with E-state index in [0.29, 0.717) is 0 Å². The molecular weight excluding hydrogens is 344 g/mol. The molecule has 2 heterocycles. The van der Waals surface area contributed by atoms with Crippen molar-refractivity contribution in [2.75, 3.05) is 19.5 Å². The molecule has 2 aromatic rings. The van der Waals surface area contributed by atoms with E-state index >= 15 is 0 Å². The number of benzene rings is 1. The van der Waals surface area contributed by atoms with Gasteiger partial charge in [-0.2, -0.15) is 0 Å². The molecule has 26 heavy (non-hydrogen) atoms. The Morgan fingerprint density at radius 1 is 1.15 bits per heavy atom. The average molecular weight is 358 g/mol. The second-order valence-corrected chi connectivity index (χ2v) is 5.37. The summed E-state index contributed by atoms with van der Waals surface area (Å²) in [5, 5.41) is 2.09. The van der Waals surface area contributed by atoms with Crippen LogP contribution in [-0.2, 0) is 4.79 Å². The first-order valence-electron chi connectivity index (χ1n) is 7.34. The number of hydrogen-bond donors (Lipinski definition) is 3. The van der Waals surface area contributed by atoms with E-state index in [1.807, 2.05) is 0 Å². The number of ether oxygens (including phenoxy) is 2. The van der Waals surface area contributed by atoms with Crippen LogP contribution in [0.4, 0.5) is 5.82 Å². The number of amides is 3. The highest BCUT2D eigenvalue weighted by Crippen LogP contribution is 2.31. The number of fused-ring (bicyclic) bond motifs is 1. The van der Waals surface area contributed by atoms with Gasteiger partial charge in [-0.3, -0.25) is 29.1 Å². The van der Waals surface area contributed by atoms with Gasteiger partial charge in [0.15, 0.2) is 18.1 Å². The summed E-state index contributed by atoms with van der Waals surface area (Å²) in [7, 11) is 1.37. The van der Waals surface area contributed by atoms with Gasteiger partial charge in [0.05, 0.1) is 23.9 Å². The fourth-order valence-corrected chi connectivity index (χ4v) is 2.61. The van der Waals surface area contributed by atoms with Gasteiger partial charge in [-0.25, -0.2) is 0 Å². The van der Waals surface area contributed by atoms with Crippen LogP contribution in [0.2, 0.25) is 0 Å². The van der Waals surface area contributed by atoms with Crippen molar-refractivity contribution in [3.8, 4) is 17.2 Å². The maximum Gasteiger partial charge on any atom is 0.262 e. The number of methoxy groups -OCH3 is 1. The van der Waals surface area contributed by atoms with Gasteiger partial charge in [-0.05, 0) is 12.1 Å². The number of carbonyl (C=O) groups excluding carboxylic acids is 3. The summed E-state index contributed by atoms with van der Waals surface area (Å²) in [6.45, 7) is -0.348. The van der Waals surface area contributed by atoms with Gasteiger partial charge >= 0.3 is 0 Å². The lowest BCUT2D eigenvalue weighted by atomic mass is 10.1. The first-order chi connectivity index (χ1) is 12.3. The van der Waals surface area contributed by atoms with Crippen molar-refractivity contribution in [2.24, 2.45) is 5.73 Å². The Labute approximate surface area is 146 Å². The minimum Gasteiger partial charge on any atom is -0.493 e. The van der Waals surface area contributed by atoms with Crippen molar-refractivity contribution in [2.45, 2.75) is 0 Å². The van der Waals surface area contributed by atoms with Crippen LogP contribution in [-0.4, -0.2) is 36.0 Å². The first-order valence-corrected chi connectivity index (χ1v) is 7.34. The quantitative estimate of drug-likeness (QED) is 0.589. The normalized spacial score (nSPS) is 12.5. The molecule has 10 heteroatoms. The summed E-state index contributed by atoms with van der Waals surface area (Å²) in [5.41, 5.74) is 10.6. The van der Waals surface area contributed by atoms with Crippen LogP contribution in [0.1, 0.15) is 20.7 Å². The third-order valence-electron chi connectivity index (χ3n) is 3.73. The highest BCUT2D eigenvalue weighted by molar-refractivity contribution is 6.23. The number of nitrogens with one attached hydrogen (secondary N) is 1. The van der Waals surface area contributed by atoms with Gasteiger partial charge in [-0.1, -0.05) is 0 Å². The number of nitrogens with zero attached hydrogens (tertiary/aromatic N) is 1. The Kier molecular flexibility index (Phi) is 4.08. The number of nitrogens with two attached hydrogens (primary N) is 2. The molecule has 1 aliphatic heterocycles. The molecule has 0 fully saturated rings. The van der Waals surface area contributed by atoms with E-state index in [1.165, 1.54) is 25.3 Å². The second kappa shape index (κ2) is 6.24. The maximum atomic E-state index is 12.4. The smallest absolute Gasteiger partial charge is 0.262 e. The van der Waals surface area contributed by atoms with Gasteiger partial charge in [0, 0.05) is 12.1 Å². The summed E-state index contributed by atoms with van der Waals surface area (Å²) in [6.07, 6.45) is 0. The Hall–Kier alpha value is -3.82. The van der Waals surface area contributed by atoms with Crippen LogP contribution in [0.5, 0.6) is 11.5 Å². The predicted molar refractivity (Wildman–Crippen MR) is 89.5 cm³/mol. The SMILES string of the molecule is COc1cc(-n2c(N)c3c(cc2=O)C(=O)NC3=O)ccc1OCC(N)=O. The molecule has 1 aromatic heterocycles. The largest absolute Gasteiger partial charge is 0.493 e. The molecule has 0 spiro atoms. The average Bonchev–Trinajstić information content (AvgIpc) is 2.87. The Morgan fingerprint density at radius 2 is 1.88 bits per heavy atom. The number of hydrogen-bond acceptors (Lipinski definition) is 7. The molecule has 1 aromatic carbocycles. The van der Waals surface area contributed by atoms with E-state index in [-0.39, 0.29) is 40.7 Å². The third-order valence-corrected chi connectivity index (χ3v) is 3.73.